The Morgan fingerprint density at radius 1 is 1.42 bits per heavy atom. The van der Waals surface area contributed by atoms with Crippen molar-refractivity contribution in [1.82, 2.24) is 24.1 Å². The number of hydrogen-bond acceptors (Lipinski definition) is 6. The molecule has 0 saturated heterocycles. The topological polar surface area (TPSA) is 124 Å². The first-order chi connectivity index (χ1) is 11.2. The summed E-state index contributed by atoms with van der Waals surface area (Å²) in [5.74, 6) is -0.896. The summed E-state index contributed by atoms with van der Waals surface area (Å²) in [6.07, 6.45) is 1.94. The van der Waals surface area contributed by atoms with Crippen molar-refractivity contribution in [2.24, 2.45) is 12.8 Å². The second-order valence-electron chi connectivity index (χ2n) is 5.45. The highest BCUT2D eigenvalue weighted by Gasteiger charge is 2.34. The van der Waals surface area contributed by atoms with Gasteiger partial charge in [-0.3, -0.25) is 9.48 Å². The first-order valence-corrected chi connectivity index (χ1v) is 8.87. The van der Waals surface area contributed by atoms with Crippen LogP contribution in [0.5, 0.6) is 0 Å². The second-order valence-corrected chi connectivity index (χ2v) is 7.68. The molecule has 1 aliphatic rings. The molecule has 0 bridgehead atoms. The molecule has 0 unspecified atom stereocenters. The molecule has 0 aromatic carbocycles. The van der Waals surface area contributed by atoms with Crippen LogP contribution in [-0.4, -0.2) is 44.9 Å². The van der Waals surface area contributed by atoms with E-state index in [2.05, 4.69) is 15.1 Å². The first-order valence-electron chi connectivity index (χ1n) is 7.05. The van der Waals surface area contributed by atoms with E-state index >= 15 is 0 Å². The van der Waals surface area contributed by atoms with E-state index in [4.69, 9.17) is 17.3 Å². The molecule has 9 nitrogen and oxygen atoms in total. The van der Waals surface area contributed by atoms with Crippen LogP contribution in [0.25, 0.3) is 0 Å². The molecule has 1 aliphatic heterocycles. The number of aromatic nitrogens is 4. The van der Waals surface area contributed by atoms with Gasteiger partial charge in [0.15, 0.2) is 0 Å². The number of aryl methyl sites for hydroxylation is 2. The Morgan fingerprint density at radius 3 is 2.71 bits per heavy atom. The Bertz CT molecular complexity index is 939. The van der Waals surface area contributed by atoms with Crippen LogP contribution in [0.15, 0.2) is 11.1 Å². The molecule has 0 atom stereocenters. The highest BCUT2D eigenvalue weighted by molar-refractivity contribution is 7.89. The third-order valence-corrected chi connectivity index (χ3v) is 6.37. The summed E-state index contributed by atoms with van der Waals surface area (Å²) in [6, 6.07) is 0. The molecular formula is C13H15ClN6O3S. The molecular weight excluding hydrogens is 356 g/mol. The standard InChI is InChI=1S/C13H15ClN6O3S/c1-7-10(11(14)19(2)18-7)24(22,23)20-4-3-8-5-16-13(12(15)21)17-9(8)6-20/h5H,3-4,6H2,1-2H3,(H2,15,21). The van der Waals surface area contributed by atoms with Crippen molar-refractivity contribution in [3.8, 4) is 0 Å². The minimum absolute atomic E-state index is 0.0145. The number of nitrogens with zero attached hydrogens (tertiary/aromatic N) is 5. The van der Waals surface area contributed by atoms with Crippen molar-refractivity contribution >= 4 is 27.5 Å². The molecule has 1 amide bonds. The molecule has 0 aliphatic carbocycles. The summed E-state index contributed by atoms with van der Waals surface area (Å²) in [6.45, 7) is 1.87. The first kappa shape index (κ1) is 16.8. The Balaban J connectivity index is 2.00. The molecule has 2 N–H and O–H groups in total. The maximum atomic E-state index is 12.9. The Labute approximate surface area is 143 Å². The zero-order chi connectivity index (χ0) is 17.6. The minimum Gasteiger partial charge on any atom is -0.363 e. The lowest BCUT2D eigenvalue weighted by atomic mass is 10.1. The molecule has 11 heteroatoms. The molecule has 128 valence electrons. The average Bonchev–Trinajstić information content (AvgIpc) is 2.79. The number of fused-ring (bicyclic) bond motifs is 1. The van der Waals surface area contributed by atoms with Gasteiger partial charge in [0.2, 0.25) is 15.8 Å². The van der Waals surface area contributed by atoms with Crippen molar-refractivity contribution < 1.29 is 13.2 Å². The van der Waals surface area contributed by atoms with Crippen LogP contribution < -0.4 is 5.73 Å². The lowest BCUT2D eigenvalue weighted by Gasteiger charge is -2.27. The van der Waals surface area contributed by atoms with Gasteiger partial charge in [-0.1, -0.05) is 11.6 Å². The van der Waals surface area contributed by atoms with Gasteiger partial charge in [0, 0.05) is 19.8 Å². The highest BCUT2D eigenvalue weighted by atomic mass is 35.5. The number of amides is 1. The molecule has 0 saturated carbocycles. The molecule has 24 heavy (non-hydrogen) atoms. The predicted octanol–water partition coefficient (Wildman–Crippen LogP) is 0.0178. The molecule has 3 heterocycles. The maximum Gasteiger partial charge on any atom is 0.286 e. The number of primary amides is 1. The number of sulfonamides is 1. The summed E-state index contributed by atoms with van der Waals surface area (Å²) in [5, 5.41) is 4.10. The zero-order valence-corrected chi connectivity index (χ0v) is 14.6. The molecule has 3 rings (SSSR count). The van der Waals surface area contributed by atoms with Gasteiger partial charge in [-0.05, 0) is 18.9 Å². The van der Waals surface area contributed by atoms with Gasteiger partial charge in [-0.25, -0.2) is 18.4 Å². The van der Waals surface area contributed by atoms with Crippen LogP contribution >= 0.6 is 11.6 Å². The van der Waals surface area contributed by atoms with Gasteiger partial charge < -0.3 is 5.73 Å². The van der Waals surface area contributed by atoms with E-state index < -0.39 is 15.9 Å². The van der Waals surface area contributed by atoms with E-state index in [0.29, 0.717) is 17.8 Å². The number of nitrogens with two attached hydrogens (primary N) is 1. The Hall–Kier alpha value is -2.04. The van der Waals surface area contributed by atoms with Crippen LogP contribution in [0, 0.1) is 6.92 Å². The normalized spacial score (nSPS) is 15.3. The van der Waals surface area contributed by atoms with Crippen molar-refractivity contribution in [2.75, 3.05) is 6.54 Å². The summed E-state index contributed by atoms with van der Waals surface area (Å²) < 4.78 is 28.4. The number of rotatable bonds is 3. The van der Waals surface area contributed by atoms with Crippen LogP contribution in [0.3, 0.4) is 0 Å². The monoisotopic (exact) mass is 370 g/mol. The fraction of sp³-hybridized carbons (Fsp3) is 0.385. The smallest absolute Gasteiger partial charge is 0.286 e. The van der Waals surface area contributed by atoms with Gasteiger partial charge in [0.05, 0.1) is 17.9 Å². The van der Waals surface area contributed by atoms with Gasteiger partial charge >= 0.3 is 0 Å². The second kappa shape index (κ2) is 5.80. The Kier molecular flexibility index (Phi) is 4.06. The van der Waals surface area contributed by atoms with Crippen LogP contribution in [0.4, 0.5) is 0 Å². The molecule has 0 radical (unpaired) electrons. The van der Waals surface area contributed by atoms with Gasteiger partial charge in [-0.2, -0.15) is 9.40 Å². The van der Waals surface area contributed by atoms with Gasteiger partial charge in [0.1, 0.15) is 10.0 Å². The molecule has 0 fully saturated rings. The van der Waals surface area contributed by atoms with E-state index in [0.717, 1.165) is 5.56 Å². The van der Waals surface area contributed by atoms with E-state index in [1.54, 1.807) is 14.0 Å². The van der Waals surface area contributed by atoms with E-state index in [-0.39, 0.29) is 29.0 Å². The number of carbonyl (C=O) groups is 1. The van der Waals surface area contributed by atoms with Crippen LogP contribution in [0.2, 0.25) is 5.15 Å². The zero-order valence-electron chi connectivity index (χ0n) is 13.0. The minimum atomic E-state index is -3.84. The fourth-order valence-electron chi connectivity index (χ4n) is 2.64. The highest BCUT2D eigenvalue weighted by Crippen LogP contribution is 2.30. The lowest BCUT2D eigenvalue weighted by molar-refractivity contribution is 0.0990. The average molecular weight is 371 g/mol. The number of hydrogen-bond donors (Lipinski definition) is 1. The molecule has 2 aromatic heterocycles. The third-order valence-electron chi connectivity index (χ3n) is 3.83. The van der Waals surface area contributed by atoms with E-state index in [1.807, 2.05) is 0 Å². The maximum absolute atomic E-state index is 12.9. The predicted molar refractivity (Wildman–Crippen MR) is 84.8 cm³/mol. The van der Waals surface area contributed by atoms with Crippen LogP contribution in [-0.2, 0) is 30.0 Å². The van der Waals surface area contributed by atoms with E-state index in [1.165, 1.54) is 15.2 Å². The largest absolute Gasteiger partial charge is 0.363 e. The van der Waals surface area contributed by atoms with Crippen molar-refractivity contribution in [1.29, 1.82) is 0 Å². The summed E-state index contributed by atoms with van der Waals surface area (Å²) in [7, 11) is -2.26. The molecule has 2 aromatic rings. The van der Waals surface area contributed by atoms with Crippen LogP contribution in [0.1, 0.15) is 27.6 Å². The molecule has 0 spiro atoms. The van der Waals surface area contributed by atoms with E-state index in [9.17, 15) is 13.2 Å². The number of halogens is 1. The van der Waals surface area contributed by atoms with Gasteiger partial charge in [-0.15, -0.1) is 0 Å². The quantitative estimate of drug-likeness (QED) is 0.812. The Morgan fingerprint density at radius 2 is 2.12 bits per heavy atom. The number of carbonyl (C=O) groups excluding carboxylic acids is 1. The SMILES string of the molecule is Cc1nn(C)c(Cl)c1S(=O)(=O)N1CCc2cnc(C(N)=O)nc2C1. The van der Waals surface area contributed by atoms with Crippen molar-refractivity contribution in [3.05, 3.63) is 34.1 Å². The summed E-state index contributed by atoms with van der Waals surface area (Å²) >= 11 is 6.09. The fourth-order valence-corrected chi connectivity index (χ4v) is 4.74. The van der Waals surface area contributed by atoms with Crippen molar-refractivity contribution in [2.45, 2.75) is 24.8 Å². The lowest BCUT2D eigenvalue weighted by Crippen LogP contribution is -2.37. The van der Waals surface area contributed by atoms with Crippen molar-refractivity contribution in [3.63, 3.8) is 0 Å². The third kappa shape index (κ3) is 2.66. The summed E-state index contributed by atoms with van der Waals surface area (Å²) in [4.78, 5) is 19.2. The summed E-state index contributed by atoms with van der Waals surface area (Å²) in [5.41, 5.74) is 6.76. The van der Waals surface area contributed by atoms with Gasteiger partial charge in [0.25, 0.3) is 5.91 Å².